The molecule has 0 unspecified atom stereocenters. The van der Waals surface area contributed by atoms with Gasteiger partial charge >= 0.3 is 0 Å². The summed E-state index contributed by atoms with van der Waals surface area (Å²) in [5, 5.41) is 2.93. The Morgan fingerprint density at radius 1 is 1.12 bits per heavy atom. The van der Waals surface area contributed by atoms with Gasteiger partial charge in [0, 0.05) is 18.1 Å². The summed E-state index contributed by atoms with van der Waals surface area (Å²) in [7, 11) is 0. The molecule has 1 N–H and O–H groups in total. The van der Waals surface area contributed by atoms with Crippen molar-refractivity contribution in [3.05, 3.63) is 65.2 Å². The first kappa shape index (κ1) is 18.4. The number of aryl methyl sites for hydroxylation is 2. The highest BCUT2D eigenvalue weighted by molar-refractivity contribution is 7.98. The molecule has 0 bridgehead atoms. The lowest BCUT2D eigenvalue weighted by Gasteiger charge is -2.16. The minimum atomic E-state index is -0.492. The minimum Gasteiger partial charge on any atom is -0.481 e. The molecule has 1 atom stereocenters. The lowest BCUT2D eigenvalue weighted by molar-refractivity contribution is -0.127. The summed E-state index contributed by atoms with van der Waals surface area (Å²) in [4.78, 5) is 12.1. The summed E-state index contributed by atoms with van der Waals surface area (Å²) in [5.74, 6) is 2.53. The molecule has 24 heavy (non-hydrogen) atoms. The van der Waals surface area contributed by atoms with Gasteiger partial charge in [0.25, 0.3) is 5.91 Å². The monoisotopic (exact) mass is 343 g/mol. The molecule has 2 aromatic carbocycles. The highest BCUT2D eigenvalue weighted by Crippen LogP contribution is 2.17. The maximum Gasteiger partial charge on any atom is 0.260 e. The molecular weight excluding hydrogens is 318 g/mol. The molecule has 4 heteroatoms. The van der Waals surface area contributed by atoms with Crippen molar-refractivity contribution in [3.8, 4) is 5.75 Å². The van der Waals surface area contributed by atoms with Gasteiger partial charge in [0.1, 0.15) is 5.75 Å². The van der Waals surface area contributed by atoms with E-state index in [9.17, 15) is 4.79 Å². The van der Waals surface area contributed by atoms with Crippen LogP contribution in [0.2, 0.25) is 0 Å². The van der Waals surface area contributed by atoms with Crippen LogP contribution in [-0.4, -0.2) is 24.3 Å². The topological polar surface area (TPSA) is 38.3 Å². The number of thioether (sulfide) groups is 1. The molecule has 3 nitrogen and oxygen atoms in total. The highest BCUT2D eigenvalue weighted by atomic mass is 32.2. The van der Waals surface area contributed by atoms with Crippen LogP contribution in [-0.2, 0) is 10.5 Å². The summed E-state index contributed by atoms with van der Waals surface area (Å²) in [5.41, 5.74) is 3.62. The Morgan fingerprint density at radius 3 is 2.54 bits per heavy atom. The number of hydrogen-bond acceptors (Lipinski definition) is 3. The molecule has 0 radical (unpaired) electrons. The number of carbonyl (C=O) groups excluding carboxylic acids is 1. The van der Waals surface area contributed by atoms with Crippen molar-refractivity contribution in [1.29, 1.82) is 0 Å². The molecule has 0 fully saturated rings. The van der Waals surface area contributed by atoms with Crippen LogP contribution in [0.25, 0.3) is 0 Å². The molecule has 0 saturated carbocycles. The maximum atomic E-state index is 12.1. The Labute approximate surface area is 148 Å². The fourth-order valence-corrected chi connectivity index (χ4v) is 3.02. The van der Waals surface area contributed by atoms with Crippen LogP contribution in [0.3, 0.4) is 0 Å². The number of amides is 1. The van der Waals surface area contributed by atoms with E-state index in [1.165, 1.54) is 11.1 Å². The predicted molar refractivity (Wildman–Crippen MR) is 102 cm³/mol. The average molecular weight is 343 g/mol. The van der Waals surface area contributed by atoms with Crippen molar-refractivity contribution in [2.45, 2.75) is 32.6 Å². The molecule has 0 heterocycles. The van der Waals surface area contributed by atoms with Gasteiger partial charge in [-0.15, -0.1) is 0 Å². The second kappa shape index (κ2) is 9.38. The lowest BCUT2D eigenvalue weighted by Crippen LogP contribution is -2.37. The molecule has 0 aliphatic rings. The van der Waals surface area contributed by atoms with Crippen molar-refractivity contribution < 1.29 is 9.53 Å². The summed E-state index contributed by atoms with van der Waals surface area (Å²) in [6, 6.07) is 16.3. The first-order valence-corrected chi connectivity index (χ1v) is 9.35. The summed E-state index contributed by atoms with van der Waals surface area (Å²) in [6.07, 6.45) is -0.492. The Balaban J connectivity index is 1.65. The number of para-hydroxylation sites is 1. The third kappa shape index (κ3) is 5.93. The zero-order valence-corrected chi connectivity index (χ0v) is 15.4. The van der Waals surface area contributed by atoms with Crippen LogP contribution < -0.4 is 10.1 Å². The molecule has 1 amide bonds. The van der Waals surface area contributed by atoms with Crippen LogP contribution >= 0.6 is 11.8 Å². The van der Waals surface area contributed by atoms with E-state index in [4.69, 9.17) is 4.74 Å². The van der Waals surface area contributed by atoms with Crippen LogP contribution in [0.4, 0.5) is 0 Å². The van der Waals surface area contributed by atoms with Crippen molar-refractivity contribution in [2.75, 3.05) is 12.3 Å². The predicted octanol–water partition coefficient (Wildman–Crippen LogP) is 4.12. The molecule has 0 aromatic heterocycles. The number of benzene rings is 2. The van der Waals surface area contributed by atoms with Gasteiger partial charge in [-0.05, 0) is 38.0 Å². The number of hydrogen-bond donors (Lipinski definition) is 1. The van der Waals surface area contributed by atoms with Crippen molar-refractivity contribution in [2.24, 2.45) is 0 Å². The van der Waals surface area contributed by atoms with Crippen LogP contribution in [0, 0.1) is 13.8 Å². The van der Waals surface area contributed by atoms with Gasteiger partial charge < -0.3 is 10.1 Å². The SMILES string of the molecule is Cc1ccc(CSCCNC(=O)[C@@H](C)Oc2ccccc2C)cc1. The second-order valence-corrected chi connectivity index (χ2v) is 6.96. The number of ether oxygens (including phenoxy) is 1. The second-order valence-electron chi connectivity index (χ2n) is 5.85. The van der Waals surface area contributed by atoms with Gasteiger partial charge in [0.15, 0.2) is 6.10 Å². The Hall–Kier alpha value is -1.94. The van der Waals surface area contributed by atoms with Crippen molar-refractivity contribution in [1.82, 2.24) is 5.32 Å². The molecule has 0 spiro atoms. The van der Waals surface area contributed by atoms with Gasteiger partial charge in [-0.3, -0.25) is 4.79 Å². The summed E-state index contributed by atoms with van der Waals surface area (Å²) < 4.78 is 5.73. The van der Waals surface area contributed by atoms with Crippen LogP contribution in [0.15, 0.2) is 48.5 Å². The molecule has 2 aromatic rings. The van der Waals surface area contributed by atoms with Gasteiger partial charge in [-0.1, -0.05) is 48.0 Å². The van der Waals surface area contributed by atoms with E-state index >= 15 is 0 Å². The third-order valence-electron chi connectivity index (χ3n) is 3.70. The normalized spacial score (nSPS) is 11.8. The van der Waals surface area contributed by atoms with Gasteiger partial charge in [-0.25, -0.2) is 0 Å². The Bertz CT molecular complexity index is 655. The maximum absolute atomic E-state index is 12.1. The number of nitrogens with one attached hydrogen (secondary N) is 1. The molecule has 0 saturated heterocycles. The number of rotatable bonds is 8. The van der Waals surface area contributed by atoms with E-state index in [-0.39, 0.29) is 5.91 Å². The largest absolute Gasteiger partial charge is 0.481 e. The van der Waals surface area contributed by atoms with Gasteiger partial charge in [-0.2, -0.15) is 11.8 Å². The first-order valence-electron chi connectivity index (χ1n) is 8.19. The van der Waals surface area contributed by atoms with E-state index in [1.807, 2.05) is 43.0 Å². The van der Waals surface area contributed by atoms with E-state index in [0.29, 0.717) is 6.54 Å². The molecular formula is C20H25NO2S. The zero-order chi connectivity index (χ0) is 17.4. The van der Waals surface area contributed by atoms with E-state index < -0.39 is 6.10 Å². The molecule has 0 aliphatic heterocycles. The average Bonchev–Trinajstić information content (AvgIpc) is 2.58. The van der Waals surface area contributed by atoms with Crippen molar-refractivity contribution in [3.63, 3.8) is 0 Å². The zero-order valence-electron chi connectivity index (χ0n) is 14.5. The van der Waals surface area contributed by atoms with Gasteiger partial charge in [0.05, 0.1) is 0 Å². The van der Waals surface area contributed by atoms with E-state index in [2.05, 4.69) is 36.5 Å². The standard InChI is InChI=1S/C20H25NO2S/c1-15-8-10-18(11-9-15)14-24-13-12-21-20(22)17(3)23-19-7-5-4-6-16(19)2/h4-11,17H,12-14H2,1-3H3,(H,21,22)/t17-/m1/s1. The van der Waals surface area contributed by atoms with Crippen molar-refractivity contribution >= 4 is 17.7 Å². The van der Waals surface area contributed by atoms with Gasteiger partial charge in [0.2, 0.25) is 0 Å². The molecule has 0 aliphatic carbocycles. The molecule has 128 valence electrons. The first-order chi connectivity index (χ1) is 11.6. The van der Waals surface area contributed by atoms with E-state index in [0.717, 1.165) is 22.8 Å². The smallest absolute Gasteiger partial charge is 0.260 e. The Morgan fingerprint density at radius 2 is 1.83 bits per heavy atom. The van der Waals surface area contributed by atoms with Crippen LogP contribution in [0.5, 0.6) is 5.75 Å². The number of carbonyl (C=O) groups is 1. The Kier molecular flexibility index (Phi) is 7.19. The summed E-state index contributed by atoms with van der Waals surface area (Å²) in [6.45, 7) is 6.49. The molecule has 2 rings (SSSR count). The fraction of sp³-hybridized carbons (Fsp3) is 0.350. The fourth-order valence-electron chi connectivity index (χ4n) is 2.20. The quantitative estimate of drug-likeness (QED) is 0.733. The summed E-state index contributed by atoms with van der Waals surface area (Å²) >= 11 is 1.82. The van der Waals surface area contributed by atoms with Crippen LogP contribution in [0.1, 0.15) is 23.6 Å². The minimum absolute atomic E-state index is 0.0748. The highest BCUT2D eigenvalue weighted by Gasteiger charge is 2.14. The van der Waals surface area contributed by atoms with E-state index in [1.54, 1.807) is 6.92 Å². The lowest BCUT2D eigenvalue weighted by atomic mass is 10.2. The third-order valence-corrected chi connectivity index (χ3v) is 4.73.